The van der Waals surface area contributed by atoms with Crippen LogP contribution in [0.15, 0.2) is 28.7 Å². The number of rotatable bonds is 4. The van der Waals surface area contributed by atoms with E-state index in [2.05, 4.69) is 52.4 Å². The number of hydrogen-bond acceptors (Lipinski definition) is 1. The molecule has 0 aliphatic heterocycles. The molecule has 1 aromatic rings. The largest absolute Gasteiger partial charge is 0.314 e. The van der Waals surface area contributed by atoms with E-state index in [1.807, 2.05) is 0 Å². The zero-order valence-electron chi connectivity index (χ0n) is 9.88. The van der Waals surface area contributed by atoms with Crippen molar-refractivity contribution < 1.29 is 0 Å². The average Bonchev–Trinajstić information content (AvgIpc) is 2.70. The third-order valence-electron chi connectivity index (χ3n) is 3.54. The molecular formula is C14H20BrN. The molecule has 0 spiro atoms. The normalized spacial score (nSPS) is 24.9. The first-order valence-electron chi connectivity index (χ1n) is 6.27. The molecule has 1 N–H and O–H groups in total. The lowest BCUT2D eigenvalue weighted by Crippen LogP contribution is -2.33. The minimum absolute atomic E-state index is 0.744. The molecule has 1 aliphatic rings. The summed E-state index contributed by atoms with van der Waals surface area (Å²) in [6, 6.07) is 9.52. The van der Waals surface area contributed by atoms with E-state index in [0.717, 1.165) is 18.5 Å². The van der Waals surface area contributed by atoms with Gasteiger partial charge in [0.05, 0.1) is 0 Å². The van der Waals surface area contributed by atoms with Gasteiger partial charge in [0, 0.05) is 10.5 Å². The molecule has 0 amide bonds. The Bertz CT molecular complexity index is 320. The summed E-state index contributed by atoms with van der Waals surface area (Å²) in [4.78, 5) is 0. The Morgan fingerprint density at radius 3 is 2.69 bits per heavy atom. The molecule has 2 rings (SSSR count). The molecule has 16 heavy (non-hydrogen) atoms. The van der Waals surface area contributed by atoms with Crippen molar-refractivity contribution in [1.29, 1.82) is 0 Å². The van der Waals surface area contributed by atoms with Crippen molar-refractivity contribution in [3.63, 3.8) is 0 Å². The maximum Gasteiger partial charge on any atom is 0.0175 e. The third kappa shape index (κ3) is 3.08. The summed E-state index contributed by atoms with van der Waals surface area (Å²) in [5.74, 6) is 0.834. The van der Waals surface area contributed by atoms with E-state index in [-0.39, 0.29) is 0 Å². The van der Waals surface area contributed by atoms with Crippen LogP contribution in [0.1, 0.15) is 31.7 Å². The molecule has 1 aromatic carbocycles. The smallest absolute Gasteiger partial charge is 0.0175 e. The molecule has 0 saturated heterocycles. The zero-order chi connectivity index (χ0) is 11.4. The van der Waals surface area contributed by atoms with Crippen LogP contribution in [-0.2, 0) is 6.42 Å². The molecule has 1 aliphatic carbocycles. The van der Waals surface area contributed by atoms with Gasteiger partial charge < -0.3 is 5.32 Å². The van der Waals surface area contributed by atoms with E-state index in [9.17, 15) is 0 Å². The number of benzene rings is 1. The second-order valence-corrected chi connectivity index (χ2v) is 5.60. The lowest BCUT2D eigenvalue weighted by Gasteiger charge is -2.20. The third-order valence-corrected chi connectivity index (χ3v) is 4.07. The minimum atomic E-state index is 0.744. The van der Waals surface area contributed by atoms with Gasteiger partial charge in [-0.15, -0.1) is 0 Å². The molecule has 1 fully saturated rings. The highest BCUT2D eigenvalue weighted by molar-refractivity contribution is 9.10. The van der Waals surface area contributed by atoms with Crippen LogP contribution in [-0.4, -0.2) is 12.6 Å². The first kappa shape index (κ1) is 12.1. The van der Waals surface area contributed by atoms with Crippen LogP contribution < -0.4 is 5.32 Å². The van der Waals surface area contributed by atoms with Crippen molar-refractivity contribution in [2.24, 2.45) is 5.92 Å². The minimum Gasteiger partial charge on any atom is -0.314 e. The summed E-state index contributed by atoms with van der Waals surface area (Å²) in [6.45, 7) is 3.30. The fourth-order valence-corrected chi connectivity index (χ4v) is 3.00. The van der Waals surface area contributed by atoms with Crippen LogP contribution in [0.2, 0.25) is 0 Å². The van der Waals surface area contributed by atoms with Gasteiger partial charge in [-0.3, -0.25) is 0 Å². The SMILES string of the molecule is CCNC1CCCC1Cc1ccc(Br)cc1. The predicted molar refractivity (Wildman–Crippen MR) is 72.7 cm³/mol. The Hall–Kier alpha value is -0.340. The highest BCUT2D eigenvalue weighted by atomic mass is 79.9. The molecule has 1 saturated carbocycles. The number of nitrogens with one attached hydrogen (secondary N) is 1. The fourth-order valence-electron chi connectivity index (χ4n) is 2.74. The molecule has 88 valence electrons. The Labute approximate surface area is 107 Å². The van der Waals surface area contributed by atoms with Crippen molar-refractivity contribution in [3.05, 3.63) is 34.3 Å². The van der Waals surface area contributed by atoms with Crippen LogP contribution in [0.5, 0.6) is 0 Å². The van der Waals surface area contributed by atoms with Crippen LogP contribution >= 0.6 is 15.9 Å². The van der Waals surface area contributed by atoms with Crippen molar-refractivity contribution in [2.75, 3.05) is 6.54 Å². The molecule has 0 radical (unpaired) electrons. The monoisotopic (exact) mass is 281 g/mol. The van der Waals surface area contributed by atoms with Gasteiger partial charge in [0.2, 0.25) is 0 Å². The highest BCUT2D eigenvalue weighted by Crippen LogP contribution is 2.29. The first-order valence-corrected chi connectivity index (χ1v) is 7.06. The summed E-state index contributed by atoms with van der Waals surface area (Å²) < 4.78 is 1.17. The van der Waals surface area contributed by atoms with Gasteiger partial charge in [0.15, 0.2) is 0 Å². The van der Waals surface area contributed by atoms with E-state index < -0.39 is 0 Å². The van der Waals surface area contributed by atoms with E-state index in [4.69, 9.17) is 0 Å². The van der Waals surface area contributed by atoms with Crippen LogP contribution in [0, 0.1) is 5.92 Å². The second kappa shape index (κ2) is 5.83. The number of halogens is 1. The van der Waals surface area contributed by atoms with Crippen LogP contribution in [0.4, 0.5) is 0 Å². The molecule has 2 unspecified atom stereocenters. The quantitative estimate of drug-likeness (QED) is 0.886. The standard InChI is InChI=1S/C14H20BrN/c1-2-16-14-5-3-4-12(14)10-11-6-8-13(15)9-7-11/h6-9,12,14,16H,2-5,10H2,1H3. The van der Waals surface area contributed by atoms with Crippen LogP contribution in [0.25, 0.3) is 0 Å². The summed E-state index contributed by atoms with van der Waals surface area (Å²) >= 11 is 3.48. The van der Waals surface area contributed by atoms with Gasteiger partial charge in [-0.25, -0.2) is 0 Å². The first-order chi connectivity index (χ1) is 7.79. The highest BCUT2D eigenvalue weighted by Gasteiger charge is 2.26. The van der Waals surface area contributed by atoms with Crippen molar-refractivity contribution in [1.82, 2.24) is 5.32 Å². The Kier molecular flexibility index (Phi) is 4.42. The lowest BCUT2D eigenvalue weighted by atomic mass is 9.95. The summed E-state index contributed by atoms with van der Waals surface area (Å²) in [6.07, 6.45) is 5.35. The molecule has 0 heterocycles. The fraction of sp³-hybridized carbons (Fsp3) is 0.571. The topological polar surface area (TPSA) is 12.0 Å². The van der Waals surface area contributed by atoms with E-state index in [1.165, 1.54) is 35.7 Å². The predicted octanol–water partition coefficient (Wildman–Crippen LogP) is 3.77. The molecule has 2 heteroatoms. The summed E-state index contributed by atoms with van der Waals surface area (Å²) in [5, 5.41) is 3.62. The lowest BCUT2D eigenvalue weighted by molar-refractivity contribution is 0.406. The molecule has 2 atom stereocenters. The second-order valence-electron chi connectivity index (χ2n) is 4.69. The van der Waals surface area contributed by atoms with Gasteiger partial charge in [0.1, 0.15) is 0 Å². The Balaban J connectivity index is 1.95. The van der Waals surface area contributed by atoms with Gasteiger partial charge >= 0.3 is 0 Å². The molecule has 0 aromatic heterocycles. The maximum absolute atomic E-state index is 3.62. The average molecular weight is 282 g/mol. The van der Waals surface area contributed by atoms with Crippen LogP contribution in [0.3, 0.4) is 0 Å². The zero-order valence-corrected chi connectivity index (χ0v) is 11.5. The van der Waals surface area contributed by atoms with E-state index in [0.29, 0.717) is 0 Å². The van der Waals surface area contributed by atoms with E-state index in [1.54, 1.807) is 0 Å². The van der Waals surface area contributed by atoms with Gasteiger partial charge in [-0.05, 0) is 49.4 Å². The van der Waals surface area contributed by atoms with Crippen molar-refractivity contribution in [2.45, 2.75) is 38.6 Å². The summed E-state index contributed by atoms with van der Waals surface area (Å²) in [5.41, 5.74) is 1.47. The Morgan fingerprint density at radius 1 is 1.25 bits per heavy atom. The summed E-state index contributed by atoms with van der Waals surface area (Å²) in [7, 11) is 0. The van der Waals surface area contributed by atoms with Crippen molar-refractivity contribution in [3.8, 4) is 0 Å². The molecule has 1 nitrogen and oxygen atoms in total. The van der Waals surface area contributed by atoms with E-state index >= 15 is 0 Å². The Morgan fingerprint density at radius 2 is 2.00 bits per heavy atom. The maximum atomic E-state index is 3.62. The van der Waals surface area contributed by atoms with Crippen molar-refractivity contribution >= 4 is 15.9 Å². The van der Waals surface area contributed by atoms with Gasteiger partial charge in [-0.2, -0.15) is 0 Å². The van der Waals surface area contributed by atoms with Gasteiger partial charge in [0.25, 0.3) is 0 Å². The molecule has 0 bridgehead atoms. The number of hydrogen-bond donors (Lipinski definition) is 1. The van der Waals surface area contributed by atoms with Gasteiger partial charge in [-0.1, -0.05) is 41.4 Å². The molecular weight excluding hydrogens is 262 g/mol.